The van der Waals surface area contributed by atoms with Gasteiger partial charge in [0.15, 0.2) is 5.78 Å². The summed E-state index contributed by atoms with van der Waals surface area (Å²) >= 11 is 0. The molecule has 0 aromatic rings. The van der Waals surface area contributed by atoms with Crippen LogP contribution in [0.5, 0.6) is 0 Å². The Labute approximate surface area is 387 Å². The lowest BCUT2D eigenvalue weighted by atomic mass is 9.85. The minimum Gasteiger partial charge on any atom is -0.515 e. The van der Waals surface area contributed by atoms with Gasteiger partial charge in [0.1, 0.15) is 12.5 Å². The van der Waals surface area contributed by atoms with Crippen molar-refractivity contribution >= 4 is 34.9 Å². The molecule has 2 fully saturated rings. The summed E-state index contributed by atoms with van der Waals surface area (Å²) in [5.41, 5.74) is 10.9. The first-order valence-electron chi connectivity index (χ1n) is 24.1. The summed E-state index contributed by atoms with van der Waals surface area (Å²) in [5.74, 6) is -0.732. The van der Waals surface area contributed by atoms with Gasteiger partial charge in [-0.1, -0.05) is 105 Å². The fraction of sp³-hybridized carbons (Fsp3) is 0.527. The van der Waals surface area contributed by atoms with E-state index in [1.54, 1.807) is 6.08 Å². The second-order valence-electron chi connectivity index (χ2n) is 19.4. The van der Waals surface area contributed by atoms with Crippen LogP contribution in [0.15, 0.2) is 131 Å². The Morgan fingerprint density at radius 1 is 0.908 bits per heavy atom. The molecule has 0 aromatic heterocycles. The maximum atomic E-state index is 14.4. The van der Waals surface area contributed by atoms with Gasteiger partial charge in [0.2, 0.25) is 0 Å². The van der Waals surface area contributed by atoms with Gasteiger partial charge in [-0.25, -0.2) is 15.0 Å². The molecule has 348 valence electrons. The highest BCUT2D eigenvalue weighted by Gasteiger charge is 2.52. The number of ketones is 1. The number of methoxy groups -OCH3 is 1. The normalized spacial score (nSPS) is 23.2. The van der Waals surface area contributed by atoms with Gasteiger partial charge in [0.05, 0.1) is 47.6 Å². The predicted octanol–water partition coefficient (Wildman–Crippen LogP) is 12.1. The van der Waals surface area contributed by atoms with Crippen molar-refractivity contribution < 1.29 is 29.0 Å². The van der Waals surface area contributed by atoms with E-state index >= 15 is 0 Å². The van der Waals surface area contributed by atoms with Crippen molar-refractivity contribution in [3.05, 3.63) is 116 Å². The van der Waals surface area contributed by atoms with Crippen molar-refractivity contribution in [2.45, 2.75) is 139 Å². The van der Waals surface area contributed by atoms with Crippen LogP contribution in [0.4, 0.5) is 0 Å². The van der Waals surface area contributed by atoms with Crippen LogP contribution in [0.2, 0.25) is 0 Å². The molecular weight excluding hydrogens is 813 g/mol. The number of rotatable bonds is 20. The Kier molecular flexibility index (Phi) is 16.4. The highest BCUT2D eigenvalue weighted by atomic mass is 16.5. The molecule has 1 aliphatic carbocycles. The van der Waals surface area contributed by atoms with Gasteiger partial charge in [0.25, 0.3) is 0 Å². The van der Waals surface area contributed by atoms with Crippen LogP contribution in [0.25, 0.3) is 0 Å². The summed E-state index contributed by atoms with van der Waals surface area (Å²) in [7, 11) is 1.29. The molecule has 6 aliphatic rings. The zero-order valence-electron chi connectivity index (χ0n) is 40.7. The van der Waals surface area contributed by atoms with E-state index in [9.17, 15) is 19.5 Å². The predicted molar refractivity (Wildman–Crippen MR) is 262 cm³/mol. The number of carbonyl (C=O) groups is 3. The molecule has 0 unspecified atom stereocenters. The van der Waals surface area contributed by atoms with Crippen LogP contribution in [-0.4, -0.2) is 53.7 Å². The van der Waals surface area contributed by atoms with E-state index in [4.69, 9.17) is 24.5 Å². The molecule has 10 heteroatoms. The average Bonchev–Trinajstić information content (AvgIpc) is 4.02. The number of nitrogens with zero attached hydrogens (tertiary/aromatic N) is 3. The molecule has 0 aromatic carbocycles. The van der Waals surface area contributed by atoms with Crippen LogP contribution in [0.3, 0.4) is 0 Å². The van der Waals surface area contributed by atoms with Gasteiger partial charge >= 0.3 is 11.9 Å². The van der Waals surface area contributed by atoms with Gasteiger partial charge in [-0.15, -0.1) is 0 Å². The first-order valence-corrected chi connectivity index (χ1v) is 24.1. The molecule has 10 nitrogen and oxygen atoms in total. The standard InChI is InChI=1S/C55H72N4O6/c1-12-38-35(8)42-27-43-36(9)40(23-24-48(61)65-26-25-34(7)22-16-21-33(6)20-15-19-32(5)18-14-17-31(3)4)52(58-43)50-51(55(63)64-11)54(62)49-37(10)44(59-53(49)50)28-46-39(13-2)41(30-60)47(57-46)29-45(38)56-42/h12,25,27-33,36,40,51,58,60H,1,13-24,26H2,2-11H3/b34-25+,41-30+,43-27?,44-28?,45-29?,52-50?/t32-,33-,36-,40+,51-/m1/s1. The lowest BCUT2D eigenvalue weighted by molar-refractivity contribution is -0.146. The van der Waals surface area contributed by atoms with E-state index in [-0.39, 0.29) is 36.6 Å². The highest BCUT2D eigenvalue weighted by molar-refractivity contribution is 6.42. The van der Waals surface area contributed by atoms with Crippen molar-refractivity contribution in [3.8, 4) is 0 Å². The Bertz CT molecular complexity index is 2350. The second kappa shape index (κ2) is 21.7. The molecular formula is C55H72N4O6. The van der Waals surface area contributed by atoms with Crippen molar-refractivity contribution in [2.24, 2.45) is 50.5 Å². The fourth-order valence-corrected chi connectivity index (χ4v) is 10.1. The number of aliphatic imine (C=N–C) groups is 3. The topological polar surface area (TPSA) is 139 Å². The van der Waals surface area contributed by atoms with Crippen molar-refractivity contribution in [3.63, 3.8) is 0 Å². The zero-order chi connectivity index (χ0) is 47.1. The number of Topliss-reactive ketones (excluding diaryl/α,β-unsaturated/α-hetero) is 1. The number of ether oxygens (including phenoxy) is 2. The SMILES string of the molecule is C=CC1=C(C)C2=NC1=CC1=NC(=C(CC)/C1=C\O)C=C1N=C3C(=C1C)C(=O)[C@H](C(=O)OC)C3=C1NC(=C2)[C@H](C)[C@@H]1CCC(=O)OC/C=C(\C)CCC[C@H](C)CCC[C@H](C)CCCC(C)C. The van der Waals surface area contributed by atoms with E-state index in [1.165, 1.54) is 57.6 Å². The van der Waals surface area contributed by atoms with Gasteiger partial charge in [0, 0.05) is 51.9 Å². The smallest absolute Gasteiger partial charge is 0.321 e. The molecule has 5 aliphatic heterocycles. The molecule has 6 rings (SSSR count). The summed E-state index contributed by atoms with van der Waals surface area (Å²) < 4.78 is 11.0. The summed E-state index contributed by atoms with van der Waals surface area (Å²) in [5, 5.41) is 14.1. The van der Waals surface area contributed by atoms with Crippen LogP contribution in [0.1, 0.15) is 139 Å². The Morgan fingerprint density at radius 2 is 1.60 bits per heavy atom. The third kappa shape index (κ3) is 10.8. The van der Waals surface area contributed by atoms with Crippen LogP contribution in [-0.2, 0) is 23.9 Å². The Hall–Kier alpha value is -5.38. The van der Waals surface area contributed by atoms with Crippen molar-refractivity contribution in [2.75, 3.05) is 13.7 Å². The molecule has 5 atom stereocenters. The lowest BCUT2D eigenvalue weighted by Gasteiger charge is -2.19. The summed E-state index contributed by atoms with van der Waals surface area (Å²) in [4.78, 5) is 56.5. The molecule has 2 N–H and O–H groups in total. The number of esters is 2. The van der Waals surface area contributed by atoms with Gasteiger partial charge in [-0.3, -0.25) is 14.4 Å². The van der Waals surface area contributed by atoms with E-state index in [1.807, 2.05) is 45.1 Å². The number of hydrogen-bond acceptors (Lipinski definition) is 10. The highest BCUT2D eigenvalue weighted by Crippen LogP contribution is 2.47. The minimum absolute atomic E-state index is 0.139. The maximum absolute atomic E-state index is 14.4. The molecule has 0 amide bonds. The summed E-state index contributed by atoms with van der Waals surface area (Å²) in [6.07, 6.45) is 22.9. The summed E-state index contributed by atoms with van der Waals surface area (Å²) in [6.45, 7) is 23.7. The number of aliphatic hydroxyl groups is 1. The monoisotopic (exact) mass is 885 g/mol. The number of aliphatic hydroxyl groups excluding tert-OH is 1. The molecule has 1 saturated heterocycles. The van der Waals surface area contributed by atoms with Crippen molar-refractivity contribution in [1.82, 2.24) is 5.32 Å². The Balaban J connectivity index is 1.21. The van der Waals surface area contributed by atoms with Gasteiger partial charge in [-0.2, -0.15) is 0 Å². The first-order chi connectivity index (χ1) is 31.1. The average molecular weight is 885 g/mol. The second-order valence-corrected chi connectivity index (χ2v) is 19.4. The molecule has 65 heavy (non-hydrogen) atoms. The van der Waals surface area contributed by atoms with Crippen LogP contribution >= 0.6 is 0 Å². The van der Waals surface area contributed by atoms with Crippen LogP contribution < -0.4 is 5.32 Å². The Morgan fingerprint density at radius 3 is 2.25 bits per heavy atom. The van der Waals surface area contributed by atoms with E-state index < -0.39 is 11.9 Å². The fourth-order valence-electron chi connectivity index (χ4n) is 10.1. The minimum atomic E-state index is -1.23. The van der Waals surface area contributed by atoms with Crippen molar-refractivity contribution in [1.29, 1.82) is 0 Å². The zero-order valence-corrected chi connectivity index (χ0v) is 40.7. The van der Waals surface area contributed by atoms with Gasteiger partial charge < -0.3 is 19.9 Å². The molecule has 8 bridgehead atoms. The number of allylic oxidation sites excluding steroid dienone is 12. The number of fused-ring (bicyclic) bond motifs is 5. The maximum Gasteiger partial charge on any atom is 0.321 e. The van der Waals surface area contributed by atoms with E-state index in [0.717, 1.165) is 53.4 Å². The third-order valence-corrected chi connectivity index (χ3v) is 14.2. The molecule has 0 radical (unpaired) electrons. The molecule has 1 saturated carbocycles. The number of carbonyl (C=O) groups excluding carboxylic acids is 3. The quantitative estimate of drug-likeness (QED) is 0.0537. The third-order valence-electron chi connectivity index (χ3n) is 14.2. The summed E-state index contributed by atoms with van der Waals surface area (Å²) in [6, 6.07) is 0. The molecule has 5 heterocycles. The molecule has 0 spiro atoms. The largest absolute Gasteiger partial charge is 0.515 e. The lowest BCUT2D eigenvalue weighted by Crippen LogP contribution is -2.26. The number of nitrogens with one attached hydrogen (secondary N) is 1. The van der Waals surface area contributed by atoms with Gasteiger partial charge in [-0.05, 0) is 105 Å². The van der Waals surface area contributed by atoms with Crippen LogP contribution in [0, 0.1) is 35.5 Å². The number of hydrogen-bond donors (Lipinski definition) is 2. The first kappa shape index (κ1) is 49.1. The van der Waals surface area contributed by atoms with E-state index in [0.29, 0.717) is 81.0 Å². The van der Waals surface area contributed by atoms with E-state index in [2.05, 4.69) is 53.4 Å².